The number of hydrogen-bond donors (Lipinski definition) is 0. The van der Waals surface area contributed by atoms with Crippen LogP contribution >= 0.6 is 11.8 Å². The average Bonchev–Trinajstić information content (AvgIpc) is 2.89. The maximum Gasteiger partial charge on any atom is 0.241 e. The lowest BCUT2D eigenvalue weighted by Gasteiger charge is -2.18. The number of halogens is 1. The first-order valence-electron chi connectivity index (χ1n) is 7.85. The van der Waals surface area contributed by atoms with Crippen molar-refractivity contribution >= 4 is 35.8 Å². The van der Waals surface area contributed by atoms with Crippen molar-refractivity contribution in [2.24, 2.45) is 4.99 Å². The first-order valence-corrected chi connectivity index (χ1v) is 9.24. The molecule has 0 N–H and O–H groups in total. The standard InChI is InChI=1S/C17H25FN4O2S/c1-7-24-17-16(21(5)15(23)8-9-25-6)13(3)20-22(17)12(2)10-14(18)11-19-4/h10-11H,4,7-9H2,1-3,5-6H3/b12-10+,14-11+. The minimum atomic E-state index is -0.547. The zero-order chi connectivity index (χ0) is 19.0. The molecule has 1 amide bonds. The number of aryl methyl sites for hydroxylation is 1. The summed E-state index contributed by atoms with van der Waals surface area (Å²) in [6, 6.07) is 0. The smallest absolute Gasteiger partial charge is 0.241 e. The van der Waals surface area contributed by atoms with Crippen LogP contribution in [-0.2, 0) is 4.79 Å². The highest BCUT2D eigenvalue weighted by molar-refractivity contribution is 7.98. The van der Waals surface area contributed by atoms with Gasteiger partial charge in [0.1, 0.15) is 11.5 Å². The molecule has 138 valence electrons. The Morgan fingerprint density at radius 1 is 1.56 bits per heavy atom. The van der Waals surface area contributed by atoms with Crippen molar-refractivity contribution in [1.82, 2.24) is 9.78 Å². The Morgan fingerprint density at radius 2 is 2.24 bits per heavy atom. The normalized spacial score (nSPS) is 12.2. The molecular weight excluding hydrogens is 343 g/mol. The van der Waals surface area contributed by atoms with Gasteiger partial charge in [-0.05, 0) is 39.8 Å². The molecule has 0 saturated carbocycles. The van der Waals surface area contributed by atoms with E-state index in [0.29, 0.717) is 36.0 Å². The van der Waals surface area contributed by atoms with E-state index in [0.717, 1.165) is 12.0 Å². The van der Waals surface area contributed by atoms with Crippen LogP contribution in [0.5, 0.6) is 5.88 Å². The number of aliphatic imine (C=N–C) groups is 1. The third-order valence-corrected chi connectivity index (χ3v) is 4.01. The van der Waals surface area contributed by atoms with Gasteiger partial charge >= 0.3 is 0 Å². The fourth-order valence-corrected chi connectivity index (χ4v) is 2.63. The van der Waals surface area contributed by atoms with Gasteiger partial charge in [0.25, 0.3) is 0 Å². The van der Waals surface area contributed by atoms with Gasteiger partial charge in [0.15, 0.2) is 0 Å². The van der Waals surface area contributed by atoms with Crippen LogP contribution in [-0.4, -0.2) is 48.1 Å². The Kier molecular flexibility index (Phi) is 8.40. The molecule has 0 saturated heterocycles. The van der Waals surface area contributed by atoms with E-state index < -0.39 is 5.83 Å². The number of carbonyl (C=O) groups is 1. The van der Waals surface area contributed by atoms with Crippen LogP contribution in [0.1, 0.15) is 26.0 Å². The van der Waals surface area contributed by atoms with Crippen molar-refractivity contribution in [3.05, 3.63) is 23.8 Å². The number of hydrogen-bond acceptors (Lipinski definition) is 5. The molecule has 6 nitrogen and oxygen atoms in total. The third kappa shape index (κ3) is 5.45. The van der Waals surface area contributed by atoms with Crippen LogP contribution in [0.15, 0.2) is 23.1 Å². The maximum absolute atomic E-state index is 13.7. The predicted octanol–water partition coefficient (Wildman–Crippen LogP) is 3.68. The van der Waals surface area contributed by atoms with Crippen LogP contribution in [0, 0.1) is 6.92 Å². The topological polar surface area (TPSA) is 59.7 Å². The molecule has 1 rings (SSSR count). The summed E-state index contributed by atoms with van der Waals surface area (Å²) in [4.78, 5) is 17.3. The summed E-state index contributed by atoms with van der Waals surface area (Å²) in [6.07, 6.45) is 4.67. The Bertz CT molecular complexity index is 682. The van der Waals surface area contributed by atoms with E-state index in [4.69, 9.17) is 4.74 Å². The summed E-state index contributed by atoms with van der Waals surface area (Å²) in [5.74, 6) is 0.577. The highest BCUT2D eigenvalue weighted by Gasteiger charge is 2.24. The molecule has 0 spiro atoms. The highest BCUT2D eigenvalue weighted by Crippen LogP contribution is 2.34. The van der Waals surface area contributed by atoms with Crippen molar-refractivity contribution in [2.45, 2.75) is 27.2 Å². The van der Waals surface area contributed by atoms with Crippen LogP contribution in [0.4, 0.5) is 10.1 Å². The fraction of sp³-hybridized carbons (Fsp3) is 0.471. The molecular formula is C17H25FN4O2S. The van der Waals surface area contributed by atoms with E-state index in [2.05, 4.69) is 16.8 Å². The summed E-state index contributed by atoms with van der Waals surface area (Å²) in [5, 5.41) is 4.41. The lowest BCUT2D eigenvalue weighted by Crippen LogP contribution is -2.27. The molecule has 1 heterocycles. The summed E-state index contributed by atoms with van der Waals surface area (Å²) in [6.45, 7) is 8.95. The summed E-state index contributed by atoms with van der Waals surface area (Å²) >= 11 is 1.61. The second-order valence-electron chi connectivity index (χ2n) is 5.26. The molecule has 0 aliphatic rings. The zero-order valence-electron chi connectivity index (χ0n) is 15.4. The summed E-state index contributed by atoms with van der Waals surface area (Å²) in [5.41, 5.74) is 1.72. The largest absolute Gasteiger partial charge is 0.476 e. The first-order chi connectivity index (χ1) is 11.9. The zero-order valence-corrected chi connectivity index (χ0v) is 16.2. The lowest BCUT2D eigenvalue weighted by molar-refractivity contribution is -0.117. The molecule has 25 heavy (non-hydrogen) atoms. The van der Waals surface area contributed by atoms with Crippen molar-refractivity contribution in [2.75, 3.05) is 30.6 Å². The van der Waals surface area contributed by atoms with Crippen LogP contribution in [0.25, 0.3) is 5.70 Å². The van der Waals surface area contributed by atoms with E-state index in [-0.39, 0.29) is 5.91 Å². The SMILES string of the molecule is C=N/C=C(F)\C=C(/C)n1nc(C)c(N(C)C(=O)CCSC)c1OCC. The summed E-state index contributed by atoms with van der Waals surface area (Å²) < 4.78 is 20.9. The number of aromatic nitrogens is 2. The van der Waals surface area contributed by atoms with Gasteiger partial charge in [0.2, 0.25) is 11.8 Å². The van der Waals surface area contributed by atoms with Gasteiger partial charge in [-0.15, -0.1) is 0 Å². The van der Waals surface area contributed by atoms with Crippen molar-refractivity contribution in [3.8, 4) is 5.88 Å². The third-order valence-electron chi connectivity index (χ3n) is 3.39. The second kappa shape index (κ2) is 10.0. The van der Waals surface area contributed by atoms with Gasteiger partial charge in [0.05, 0.1) is 18.5 Å². The van der Waals surface area contributed by atoms with Gasteiger partial charge in [0, 0.05) is 24.9 Å². The number of amides is 1. The number of ether oxygens (including phenoxy) is 1. The molecule has 0 atom stereocenters. The number of rotatable bonds is 9. The van der Waals surface area contributed by atoms with Gasteiger partial charge in [-0.3, -0.25) is 9.79 Å². The number of carbonyl (C=O) groups excluding carboxylic acids is 1. The Morgan fingerprint density at radius 3 is 2.80 bits per heavy atom. The highest BCUT2D eigenvalue weighted by atomic mass is 32.2. The van der Waals surface area contributed by atoms with Gasteiger partial charge in [-0.25, -0.2) is 9.07 Å². The van der Waals surface area contributed by atoms with Crippen LogP contribution in [0.2, 0.25) is 0 Å². The number of thioether (sulfide) groups is 1. The van der Waals surface area contributed by atoms with Crippen LogP contribution in [0.3, 0.4) is 0 Å². The van der Waals surface area contributed by atoms with Gasteiger partial charge in [-0.1, -0.05) is 0 Å². The van der Waals surface area contributed by atoms with E-state index in [1.165, 1.54) is 10.8 Å². The number of anilines is 1. The fourth-order valence-electron chi connectivity index (χ4n) is 2.26. The van der Waals surface area contributed by atoms with Crippen molar-refractivity contribution in [1.29, 1.82) is 0 Å². The van der Waals surface area contributed by atoms with Gasteiger partial charge < -0.3 is 9.64 Å². The van der Waals surface area contributed by atoms with E-state index >= 15 is 0 Å². The minimum absolute atomic E-state index is 0.0264. The number of nitrogens with zero attached hydrogens (tertiary/aromatic N) is 4. The molecule has 8 heteroatoms. The van der Waals surface area contributed by atoms with Crippen molar-refractivity contribution in [3.63, 3.8) is 0 Å². The quantitative estimate of drug-likeness (QED) is 0.493. The van der Waals surface area contributed by atoms with E-state index in [9.17, 15) is 9.18 Å². The predicted molar refractivity (Wildman–Crippen MR) is 103 cm³/mol. The monoisotopic (exact) mass is 368 g/mol. The Labute approximate surface area is 152 Å². The van der Waals surface area contributed by atoms with Crippen molar-refractivity contribution < 1.29 is 13.9 Å². The molecule has 0 radical (unpaired) electrons. The Hall–Kier alpha value is -2.09. The van der Waals surface area contributed by atoms with E-state index in [1.54, 1.807) is 37.6 Å². The molecule has 0 aromatic carbocycles. The van der Waals surface area contributed by atoms with Gasteiger partial charge in [-0.2, -0.15) is 16.9 Å². The molecule has 0 bridgehead atoms. The van der Waals surface area contributed by atoms with E-state index in [1.807, 2.05) is 13.2 Å². The molecule has 0 aliphatic heterocycles. The second-order valence-corrected chi connectivity index (χ2v) is 6.25. The molecule has 0 unspecified atom stereocenters. The minimum Gasteiger partial charge on any atom is -0.476 e. The number of allylic oxidation sites excluding steroid dienone is 3. The molecule has 1 aromatic heterocycles. The lowest BCUT2D eigenvalue weighted by atomic mass is 10.3. The summed E-state index contributed by atoms with van der Waals surface area (Å²) in [7, 11) is 1.70. The van der Waals surface area contributed by atoms with Crippen LogP contribution < -0.4 is 9.64 Å². The Balaban J connectivity index is 3.32. The first kappa shape index (κ1) is 21.0. The molecule has 0 aliphatic carbocycles. The molecule has 0 fully saturated rings. The maximum atomic E-state index is 13.7. The molecule has 1 aromatic rings. The average molecular weight is 368 g/mol.